The number of carboxylic acids is 1. The fraction of sp³-hybridized carbons (Fsp3) is 0.357. The highest BCUT2D eigenvalue weighted by Crippen LogP contribution is 2.28. The molecule has 1 aliphatic carbocycles. The SMILES string of the molecule is CC(=O)N(C)c1cccc(C[C@H](NC(=O)C2CCC(C#N)CC2)C(=O)Nc2ccc3[nH]c(C(=O)O)nc3c2)c1. The van der Waals surface area contributed by atoms with Gasteiger partial charge in [0, 0.05) is 43.6 Å². The van der Waals surface area contributed by atoms with Gasteiger partial charge in [0.25, 0.3) is 0 Å². The Kier molecular flexibility index (Phi) is 8.24. The molecular formula is C28H30N6O5. The third kappa shape index (κ3) is 6.59. The lowest BCUT2D eigenvalue weighted by atomic mass is 9.82. The second-order valence-corrected chi connectivity index (χ2v) is 9.80. The molecule has 0 unspecified atom stereocenters. The number of nitrogens with zero attached hydrogens (tertiary/aromatic N) is 3. The van der Waals surface area contributed by atoms with E-state index in [2.05, 4.69) is 26.7 Å². The van der Waals surface area contributed by atoms with E-state index in [0.29, 0.717) is 48.1 Å². The summed E-state index contributed by atoms with van der Waals surface area (Å²) in [5, 5.41) is 24.1. The molecular weight excluding hydrogens is 500 g/mol. The van der Waals surface area contributed by atoms with E-state index < -0.39 is 17.9 Å². The van der Waals surface area contributed by atoms with Crippen molar-refractivity contribution in [2.24, 2.45) is 11.8 Å². The van der Waals surface area contributed by atoms with E-state index in [1.54, 1.807) is 43.4 Å². The molecule has 1 atom stereocenters. The molecule has 0 aliphatic heterocycles. The number of aromatic nitrogens is 2. The van der Waals surface area contributed by atoms with Crippen LogP contribution in [0.1, 0.15) is 48.8 Å². The quantitative estimate of drug-likeness (QED) is 0.347. The molecule has 1 aromatic heterocycles. The molecule has 0 radical (unpaired) electrons. The number of carbonyl (C=O) groups excluding carboxylic acids is 3. The molecule has 1 aliphatic rings. The van der Waals surface area contributed by atoms with E-state index in [1.165, 1.54) is 11.8 Å². The molecule has 3 amide bonds. The summed E-state index contributed by atoms with van der Waals surface area (Å²) in [6.45, 7) is 1.46. The fourth-order valence-electron chi connectivity index (χ4n) is 4.71. The predicted octanol–water partition coefficient (Wildman–Crippen LogP) is 3.24. The number of nitrogens with one attached hydrogen (secondary N) is 3. The van der Waals surface area contributed by atoms with Crippen LogP contribution in [0.15, 0.2) is 42.5 Å². The van der Waals surface area contributed by atoms with Crippen LogP contribution in [0.25, 0.3) is 11.0 Å². The van der Waals surface area contributed by atoms with Gasteiger partial charge in [-0.3, -0.25) is 14.4 Å². The number of hydrogen-bond donors (Lipinski definition) is 4. The van der Waals surface area contributed by atoms with Gasteiger partial charge in [0.1, 0.15) is 6.04 Å². The number of aromatic carboxylic acids is 1. The van der Waals surface area contributed by atoms with E-state index in [9.17, 15) is 24.3 Å². The van der Waals surface area contributed by atoms with Gasteiger partial charge in [-0.2, -0.15) is 5.26 Å². The van der Waals surface area contributed by atoms with Crippen LogP contribution in [0.4, 0.5) is 11.4 Å². The Morgan fingerprint density at radius 3 is 2.56 bits per heavy atom. The zero-order valence-electron chi connectivity index (χ0n) is 21.7. The number of imidazole rings is 1. The first kappa shape index (κ1) is 27.3. The van der Waals surface area contributed by atoms with Crippen LogP contribution in [0.2, 0.25) is 0 Å². The smallest absolute Gasteiger partial charge is 0.371 e. The van der Waals surface area contributed by atoms with Gasteiger partial charge in [-0.05, 0) is 61.6 Å². The van der Waals surface area contributed by atoms with E-state index in [1.807, 2.05) is 6.07 Å². The number of carboxylic acid groups (broad SMARTS) is 1. The van der Waals surface area contributed by atoms with Gasteiger partial charge in [0.2, 0.25) is 23.5 Å². The van der Waals surface area contributed by atoms with E-state index in [-0.39, 0.29) is 35.9 Å². The van der Waals surface area contributed by atoms with Gasteiger partial charge in [-0.25, -0.2) is 9.78 Å². The number of H-pyrrole nitrogens is 1. The van der Waals surface area contributed by atoms with Gasteiger partial charge in [0.05, 0.1) is 17.1 Å². The van der Waals surface area contributed by atoms with Crippen molar-refractivity contribution in [1.82, 2.24) is 15.3 Å². The minimum Gasteiger partial charge on any atom is -0.475 e. The number of aromatic amines is 1. The minimum absolute atomic E-state index is 0.0484. The summed E-state index contributed by atoms with van der Waals surface area (Å²) in [5.41, 5.74) is 2.70. The Morgan fingerprint density at radius 1 is 1.15 bits per heavy atom. The number of fused-ring (bicyclic) bond motifs is 1. The summed E-state index contributed by atoms with van der Waals surface area (Å²) in [4.78, 5) is 57.9. The number of carbonyl (C=O) groups is 4. The summed E-state index contributed by atoms with van der Waals surface area (Å²) in [5.74, 6) is -2.56. The number of anilines is 2. The molecule has 1 saturated carbocycles. The molecule has 1 heterocycles. The molecule has 3 aromatic rings. The zero-order chi connectivity index (χ0) is 28.1. The molecule has 202 valence electrons. The molecule has 2 aromatic carbocycles. The number of amides is 3. The first-order chi connectivity index (χ1) is 18.6. The first-order valence-electron chi connectivity index (χ1n) is 12.7. The van der Waals surface area contributed by atoms with Gasteiger partial charge in [0.15, 0.2) is 0 Å². The van der Waals surface area contributed by atoms with Crippen LogP contribution in [0, 0.1) is 23.2 Å². The Morgan fingerprint density at radius 2 is 1.90 bits per heavy atom. The van der Waals surface area contributed by atoms with Crippen LogP contribution in [0.5, 0.6) is 0 Å². The third-order valence-electron chi connectivity index (χ3n) is 7.08. The summed E-state index contributed by atoms with van der Waals surface area (Å²) in [6, 6.07) is 13.3. The lowest BCUT2D eigenvalue weighted by Crippen LogP contribution is -2.47. The molecule has 11 nitrogen and oxygen atoms in total. The zero-order valence-corrected chi connectivity index (χ0v) is 21.7. The molecule has 1 fully saturated rings. The van der Waals surface area contributed by atoms with Crippen molar-refractivity contribution in [1.29, 1.82) is 5.26 Å². The van der Waals surface area contributed by atoms with Gasteiger partial charge in [-0.15, -0.1) is 0 Å². The second-order valence-electron chi connectivity index (χ2n) is 9.80. The van der Waals surface area contributed by atoms with E-state index in [4.69, 9.17) is 5.26 Å². The topological polar surface area (TPSA) is 168 Å². The standard InChI is InChI=1S/C28H30N6O5/c1-16(35)34(2)21-5-3-4-18(12-21)13-24(33-26(36)19-8-6-17(15-29)7-9-19)27(37)30-20-10-11-22-23(14-20)32-25(31-22)28(38)39/h3-5,10-12,14,17,19,24H,6-9,13H2,1-2H3,(H,30,37)(H,31,32)(H,33,36)(H,38,39)/t17?,19?,24-/m0/s1. The van der Waals surface area contributed by atoms with Gasteiger partial charge < -0.3 is 25.6 Å². The van der Waals surface area contributed by atoms with Crippen LogP contribution in [-0.2, 0) is 20.8 Å². The Bertz CT molecular complexity index is 1450. The molecule has 39 heavy (non-hydrogen) atoms. The maximum atomic E-state index is 13.5. The van der Waals surface area contributed by atoms with Gasteiger partial charge in [-0.1, -0.05) is 12.1 Å². The maximum absolute atomic E-state index is 13.5. The van der Waals surface area contributed by atoms with Crippen molar-refractivity contribution in [2.75, 3.05) is 17.3 Å². The Balaban J connectivity index is 1.55. The minimum atomic E-state index is -1.19. The van der Waals surface area contributed by atoms with E-state index in [0.717, 1.165) is 5.56 Å². The largest absolute Gasteiger partial charge is 0.475 e. The number of nitriles is 1. The summed E-state index contributed by atoms with van der Waals surface area (Å²) in [7, 11) is 1.66. The Labute approximate surface area is 225 Å². The third-order valence-corrected chi connectivity index (χ3v) is 7.08. The monoisotopic (exact) mass is 530 g/mol. The maximum Gasteiger partial charge on any atom is 0.371 e. The molecule has 11 heteroatoms. The summed E-state index contributed by atoms with van der Waals surface area (Å²) < 4.78 is 0. The predicted molar refractivity (Wildman–Crippen MR) is 144 cm³/mol. The normalized spacial score (nSPS) is 17.6. The summed E-state index contributed by atoms with van der Waals surface area (Å²) in [6.07, 6.45) is 2.64. The van der Waals surface area contributed by atoms with Crippen LogP contribution in [0.3, 0.4) is 0 Å². The second kappa shape index (κ2) is 11.8. The molecule has 0 saturated heterocycles. The lowest BCUT2D eigenvalue weighted by molar-refractivity contribution is -0.130. The molecule has 0 bridgehead atoms. The summed E-state index contributed by atoms with van der Waals surface area (Å²) >= 11 is 0. The number of rotatable bonds is 8. The van der Waals surface area contributed by atoms with Crippen LogP contribution in [-0.4, -0.2) is 51.9 Å². The van der Waals surface area contributed by atoms with Crippen molar-refractivity contribution >= 4 is 46.1 Å². The van der Waals surface area contributed by atoms with Crippen LogP contribution < -0.4 is 15.5 Å². The molecule has 4 rings (SSSR count). The molecule has 0 spiro atoms. The van der Waals surface area contributed by atoms with E-state index >= 15 is 0 Å². The van der Waals surface area contributed by atoms with Crippen molar-refractivity contribution < 1.29 is 24.3 Å². The first-order valence-corrected chi connectivity index (χ1v) is 12.7. The van der Waals surface area contributed by atoms with Crippen molar-refractivity contribution in [3.8, 4) is 6.07 Å². The number of hydrogen-bond acceptors (Lipinski definition) is 6. The fourth-order valence-corrected chi connectivity index (χ4v) is 4.71. The lowest BCUT2D eigenvalue weighted by Gasteiger charge is -2.26. The highest BCUT2D eigenvalue weighted by atomic mass is 16.4. The average Bonchev–Trinajstić information content (AvgIpc) is 3.36. The van der Waals surface area contributed by atoms with Gasteiger partial charge >= 0.3 is 5.97 Å². The number of benzene rings is 2. The molecule has 4 N–H and O–H groups in total. The van der Waals surface area contributed by atoms with Crippen molar-refractivity contribution in [3.05, 3.63) is 53.9 Å². The van der Waals surface area contributed by atoms with Crippen molar-refractivity contribution in [2.45, 2.75) is 45.1 Å². The van der Waals surface area contributed by atoms with Crippen molar-refractivity contribution in [3.63, 3.8) is 0 Å². The van der Waals surface area contributed by atoms with Crippen LogP contribution >= 0.6 is 0 Å². The average molecular weight is 531 g/mol. The highest BCUT2D eigenvalue weighted by molar-refractivity contribution is 5.99. The Hall–Kier alpha value is -4.72. The highest BCUT2D eigenvalue weighted by Gasteiger charge is 2.30.